The van der Waals surface area contributed by atoms with Crippen LogP contribution >= 0.6 is 11.6 Å². The first-order valence-electron chi connectivity index (χ1n) is 6.10. The Labute approximate surface area is 122 Å². The van der Waals surface area contributed by atoms with E-state index in [1.807, 2.05) is 25.1 Å². The van der Waals surface area contributed by atoms with E-state index < -0.39 is 0 Å². The fourth-order valence-corrected chi connectivity index (χ4v) is 1.99. The molecular weight excluding hydrogens is 278 g/mol. The molecule has 1 N–H and O–H groups in total. The van der Waals surface area contributed by atoms with Gasteiger partial charge in [0, 0.05) is 12.4 Å². The van der Waals surface area contributed by atoms with Crippen LogP contribution in [0.15, 0.2) is 30.6 Å². The number of nitrogens with zero attached hydrogens (tertiary/aromatic N) is 2. The van der Waals surface area contributed by atoms with E-state index in [2.05, 4.69) is 15.3 Å². The maximum atomic E-state index is 5.98. The van der Waals surface area contributed by atoms with Crippen molar-refractivity contribution in [2.75, 3.05) is 19.5 Å². The highest BCUT2D eigenvalue weighted by atomic mass is 35.5. The van der Waals surface area contributed by atoms with Crippen molar-refractivity contribution < 1.29 is 9.47 Å². The van der Waals surface area contributed by atoms with Crippen LogP contribution in [0.3, 0.4) is 0 Å². The zero-order chi connectivity index (χ0) is 14.5. The first-order chi connectivity index (χ1) is 9.65. The number of anilines is 1. The molecule has 20 heavy (non-hydrogen) atoms. The van der Waals surface area contributed by atoms with Gasteiger partial charge in [0.1, 0.15) is 0 Å². The largest absolute Gasteiger partial charge is 0.493 e. The maximum Gasteiger partial charge on any atom is 0.171 e. The number of hydrogen-bond donors (Lipinski definition) is 1. The number of nitrogens with one attached hydrogen (secondary N) is 1. The van der Waals surface area contributed by atoms with Crippen LogP contribution in [-0.2, 0) is 0 Å². The Balaban J connectivity index is 2.21. The maximum absolute atomic E-state index is 5.98. The van der Waals surface area contributed by atoms with Gasteiger partial charge in [0.05, 0.1) is 20.3 Å². The van der Waals surface area contributed by atoms with Gasteiger partial charge < -0.3 is 14.8 Å². The summed E-state index contributed by atoms with van der Waals surface area (Å²) in [6.45, 7) is 2.01. The van der Waals surface area contributed by atoms with Crippen LogP contribution in [0.25, 0.3) is 0 Å². The van der Waals surface area contributed by atoms with Gasteiger partial charge in [0.25, 0.3) is 0 Å². The number of methoxy groups -OCH3 is 2. The number of hydrogen-bond acceptors (Lipinski definition) is 5. The molecule has 1 unspecified atom stereocenters. The molecule has 0 bridgehead atoms. The van der Waals surface area contributed by atoms with Crippen molar-refractivity contribution in [2.45, 2.75) is 13.0 Å². The summed E-state index contributed by atoms with van der Waals surface area (Å²) in [6, 6.07) is 5.75. The van der Waals surface area contributed by atoms with E-state index in [9.17, 15) is 0 Å². The lowest BCUT2D eigenvalue weighted by Crippen LogP contribution is -2.09. The van der Waals surface area contributed by atoms with E-state index in [-0.39, 0.29) is 6.04 Å². The van der Waals surface area contributed by atoms with Gasteiger partial charge in [-0.05, 0) is 24.6 Å². The van der Waals surface area contributed by atoms with Gasteiger partial charge in [-0.1, -0.05) is 17.7 Å². The quantitative estimate of drug-likeness (QED) is 0.916. The molecule has 0 radical (unpaired) electrons. The molecule has 0 saturated heterocycles. The van der Waals surface area contributed by atoms with Crippen molar-refractivity contribution in [2.24, 2.45) is 0 Å². The number of ether oxygens (including phenoxy) is 2. The van der Waals surface area contributed by atoms with Crippen molar-refractivity contribution in [3.8, 4) is 11.5 Å². The first-order valence-corrected chi connectivity index (χ1v) is 6.48. The molecule has 106 valence electrons. The Morgan fingerprint density at radius 3 is 2.45 bits per heavy atom. The summed E-state index contributed by atoms with van der Waals surface area (Å²) >= 11 is 5.98. The summed E-state index contributed by atoms with van der Waals surface area (Å²) in [5.41, 5.74) is 1.03. The summed E-state index contributed by atoms with van der Waals surface area (Å²) in [5.74, 6) is 1.93. The van der Waals surface area contributed by atoms with Gasteiger partial charge in [-0.2, -0.15) is 0 Å². The standard InChI is InChI=1S/C14H16ClN3O2/c1-9(18-14-13(15)16-6-7-17-14)10-4-5-11(19-2)12(8-10)20-3/h4-9H,1-3H3,(H,17,18). The van der Waals surface area contributed by atoms with E-state index in [4.69, 9.17) is 21.1 Å². The highest BCUT2D eigenvalue weighted by Crippen LogP contribution is 2.31. The highest BCUT2D eigenvalue weighted by Gasteiger charge is 2.12. The molecule has 2 rings (SSSR count). The molecule has 1 heterocycles. The number of aromatic nitrogens is 2. The van der Waals surface area contributed by atoms with Gasteiger partial charge in [-0.3, -0.25) is 0 Å². The zero-order valence-corrected chi connectivity index (χ0v) is 12.3. The van der Waals surface area contributed by atoms with Gasteiger partial charge >= 0.3 is 0 Å². The Morgan fingerprint density at radius 1 is 1.10 bits per heavy atom. The minimum atomic E-state index is 0.00371. The monoisotopic (exact) mass is 293 g/mol. The van der Waals surface area contributed by atoms with Gasteiger partial charge in [0.2, 0.25) is 0 Å². The minimum Gasteiger partial charge on any atom is -0.493 e. The lowest BCUT2D eigenvalue weighted by molar-refractivity contribution is 0.354. The van der Waals surface area contributed by atoms with Crippen LogP contribution in [0.1, 0.15) is 18.5 Å². The molecule has 1 atom stereocenters. The Bertz CT molecular complexity index is 592. The van der Waals surface area contributed by atoms with Crippen molar-refractivity contribution in [3.05, 3.63) is 41.3 Å². The lowest BCUT2D eigenvalue weighted by atomic mass is 10.1. The van der Waals surface area contributed by atoms with E-state index in [0.717, 1.165) is 5.56 Å². The molecule has 0 amide bonds. The number of benzene rings is 1. The van der Waals surface area contributed by atoms with Crippen molar-refractivity contribution in [3.63, 3.8) is 0 Å². The van der Waals surface area contributed by atoms with Crippen LogP contribution in [0.4, 0.5) is 5.82 Å². The highest BCUT2D eigenvalue weighted by molar-refractivity contribution is 6.31. The average molecular weight is 294 g/mol. The predicted octanol–water partition coefficient (Wildman–Crippen LogP) is 3.32. The Hall–Kier alpha value is -2.01. The fraction of sp³-hybridized carbons (Fsp3) is 0.286. The Morgan fingerprint density at radius 2 is 1.80 bits per heavy atom. The van der Waals surface area contributed by atoms with Gasteiger partial charge in [-0.15, -0.1) is 0 Å². The smallest absolute Gasteiger partial charge is 0.171 e. The predicted molar refractivity (Wildman–Crippen MR) is 78.6 cm³/mol. The normalized spacial score (nSPS) is 11.8. The van der Waals surface area contributed by atoms with E-state index in [1.54, 1.807) is 26.6 Å². The van der Waals surface area contributed by atoms with Crippen LogP contribution in [0, 0.1) is 0 Å². The van der Waals surface area contributed by atoms with E-state index in [0.29, 0.717) is 22.5 Å². The number of rotatable bonds is 5. The van der Waals surface area contributed by atoms with Crippen molar-refractivity contribution in [1.82, 2.24) is 9.97 Å². The minimum absolute atomic E-state index is 0.00371. The molecule has 0 fully saturated rings. The summed E-state index contributed by atoms with van der Waals surface area (Å²) in [7, 11) is 3.22. The molecule has 0 aliphatic heterocycles. The van der Waals surface area contributed by atoms with E-state index in [1.165, 1.54) is 0 Å². The molecule has 2 aromatic rings. The molecule has 0 saturated carbocycles. The molecule has 5 nitrogen and oxygen atoms in total. The third-order valence-electron chi connectivity index (χ3n) is 2.91. The molecule has 0 aliphatic rings. The molecule has 0 spiro atoms. The first kappa shape index (κ1) is 14.4. The average Bonchev–Trinajstić information content (AvgIpc) is 2.48. The zero-order valence-electron chi connectivity index (χ0n) is 11.6. The third-order valence-corrected chi connectivity index (χ3v) is 3.19. The second-order valence-corrected chi connectivity index (χ2v) is 4.53. The topological polar surface area (TPSA) is 56.3 Å². The fourth-order valence-electron chi connectivity index (χ4n) is 1.83. The second-order valence-electron chi connectivity index (χ2n) is 4.18. The molecule has 6 heteroatoms. The van der Waals surface area contributed by atoms with Gasteiger partial charge in [0.15, 0.2) is 22.5 Å². The van der Waals surface area contributed by atoms with Crippen LogP contribution in [-0.4, -0.2) is 24.2 Å². The lowest BCUT2D eigenvalue weighted by Gasteiger charge is -2.17. The van der Waals surface area contributed by atoms with Crippen molar-refractivity contribution in [1.29, 1.82) is 0 Å². The molecular formula is C14H16ClN3O2. The SMILES string of the molecule is COc1ccc(C(C)Nc2nccnc2Cl)cc1OC. The third kappa shape index (κ3) is 3.11. The van der Waals surface area contributed by atoms with Crippen LogP contribution in [0.5, 0.6) is 11.5 Å². The Kier molecular flexibility index (Phi) is 4.63. The summed E-state index contributed by atoms with van der Waals surface area (Å²) in [4.78, 5) is 8.14. The van der Waals surface area contributed by atoms with Crippen LogP contribution < -0.4 is 14.8 Å². The van der Waals surface area contributed by atoms with Crippen molar-refractivity contribution >= 4 is 17.4 Å². The summed E-state index contributed by atoms with van der Waals surface area (Å²) < 4.78 is 10.5. The van der Waals surface area contributed by atoms with Gasteiger partial charge in [-0.25, -0.2) is 9.97 Å². The molecule has 1 aromatic carbocycles. The van der Waals surface area contributed by atoms with Crippen LogP contribution in [0.2, 0.25) is 5.15 Å². The summed E-state index contributed by atoms with van der Waals surface area (Å²) in [6.07, 6.45) is 3.14. The molecule has 1 aromatic heterocycles. The molecule has 0 aliphatic carbocycles. The summed E-state index contributed by atoms with van der Waals surface area (Å²) in [5, 5.41) is 3.56. The second kappa shape index (κ2) is 6.43. The van der Waals surface area contributed by atoms with E-state index >= 15 is 0 Å². The number of halogens is 1.